The standard InChI is InChI=1S/C22H41NO/c1-3-4-5-6-7-8-9-10-11-12-13-14-15-16-17-18-19-22-23-21(2)20-24-22/h10-11,21H,3-9,12-20H2,1-2H3. The van der Waals surface area contributed by atoms with Gasteiger partial charge in [-0.1, -0.05) is 76.9 Å². The number of hydrogen-bond acceptors (Lipinski definition) is 2. The molecule has 0 aromatic rings. The van der Waals surface area contributed by atoms with E-state index in [4.69, 9.17) is 4.74 Å². The number of aliphatic imine (C=N–C) groups is 1. The zero-order valence-corrected chi connectivity index (χ0v) is 16.4. The first-order valence-corrected chi connectivity index (χ1v) is 10.7. The van der Waals surface area contributed by atoms with Crippen LogP contribution in [0.25, 0.3) is 0 Å². The van der Waals surface area contributed by atoms with Crippen LogP contribution >= 0.6 is 0 Å². The van der Waals surface area contributed by atoms with Crippen molar-refractivity contribution in [1.82, 2.24) is 0 Å². The third kappa shape index (κ3) is 12.6. The van der Waals surface area contributed by atoms with E-state index in [2.05, 4.69) is 31.0 Å². The van der Waals surface area contributed by atoms with Gasteiger partial charge in [0.15, 0.2) is 5.90 Å². The molecular weight excluding hydrogens is 294 g/mol. The lowest BCUT2D eigenvalue weighted by Crippen LogP contribution is -2.00. The summed E-state index contributed by atoms with van der Waals surface area (Å²) < 4.78 is 5.53. The van der Waals surface area contributed by atoms with E-state index in [0.717, 1.165) is 18.9 Å². The normalized spacial score (nSPS) is 17.4. The zero-order chi connectivity index (χ0) is 17.3. The molecule has 0 N–H and O–H groups in total. The van der Waals surface area contributed by atoms with Crippen LogP contribution in [0.4, 0.5) is 0 Å². The molecule has 140 valence electrons. The Hall–Kier alpha value is -0.790. The fourth-order valence-corrected chi connectivity index (χ4v) is 3.20. The molecule has 0 bridgehead atoms. The van der Waals surface area contributed by atoms with E-state index in [1.807, 2.05) is 0 Å². The first-order chi connectivity index (χ1) is 11.8. The number of hydrogen-bond donors (Lipinski definition) is 0. The molecule has 1 aliphatic heterocycles. The Morgan fingerprint density at radius 2 is 1.38 bits per heavy atom. The van der Waals surface area contributed by atoms with Crippen LogP contribution in [0.2, 0.25) is 0 Å². The molecule has 1 atom stereocenters. The fourth-order valence-electron chi connectivity index (χ4n) is 3.20. The molecule has 0 radical (unpaired) electrons. The molecule has 0 saturated heterocycles. The predicted molar refractivity (Wildman–Crippen MR) is 107 cm³/mol. The predicted octanol–water partition coefficient (Wildman–Crippen LogP) is 7.23. The summed E-state index contributed by atoms with van der Waals surface area (Å²) in [5.74, 6) is 0.998. The average Bonchev–Trinajstić information content (AvgIpc) is 3.00. The van der Waals surface area contributed by atoms with Gasteiger partial charge in [0.05, 0.1) is 6.04 Å². The summed E-state index contributed by atoms with van der Waals surface area (Å²) in [7, 11) is 0. The van der Waals surface area contributed by atoms with Gasteiger partial charge in [0, 0.05) is 6.42 Å². The third-order valence-electron chi connectivity index (χ3n) is 4.76. The van der Waals surface area contributed by atoms with Gasteiger partial charge in [-0.05, 0) is 39.0 Å². The van der Waals surface area contributed by atoms with E-state index < -0.39 is 0 Å². The van der Waals surface area contributed by atoms with Crippen molar-refractivity contribution >= 4 is 5.90 Å². The lowest BCUT2D eigenvalue weighted by molar-refractivity contribution is 0.314. The molecule has 0 saturated carbocycles. The molecule has 0 aromatic heterocycles. The van der Waals surface area contributed by atoms with E-state index in [1.54, 1.807) is 0 Å². The number of nitrogens with zero attached hydrogens (tertiary/aromatic N) is 1. The van der Waals surface area contributed by atoms with Crippen LogP contribution in [0.3, 0.4) is 0 Å². The summed E-state index contributed by atoms with van der Waals surface area (Å²) in [6, 6.07) is 0.383. The van der Waals surface area contributed by atoms with Gasteiger partial charge >= 0.3 is 0 Å². The minimum atomic E-state index is 0.383. The largest absolute Gasteiger partial charge is 0.479 e. The van der Waals surface area contributed by atoms with Crippen molar-refractivity contribution in [3.8, 4) is 0 Å². The Morgan fingerprint density at radius 3 is 1.92 bits per heavy atom. The molecule has 0 spiro atoms. The van der Waals surface area contributed by atoms with E-state index >= 15 is 0 Å². The maximum atomic E-state index is 5.53. The van der Waals surface area contributed by atoms with Gasteiger partial charge in [0.25, 0.3) is 0 Å². The lowest BCUT2D eigenvalue weighted by Gasteiger charge is -2.02. The second-order valence-electron chi connectivity index (χ2n) is 7.37. The molecule has 0 amide bonds. The van der Waals surface area contributed by atoms with Crippen molar-refractivity contribution in [1.29, 1.82) is 0 Å². The zero-order valence-electron chi connectivity index (χ0n) is 16.4. The highest BCUT2D eigenvalue weighted by Crippen LogP contribution is 2.13. The van der Waals surface area contributed by atoms with Crippen LogP contribution < -0.4 is 0 Å². The van der Waals surface area contributed by atoms with Crippen LogP contribution in [0.5, 0.6) is 0 Å². The number of ether oxygens (including phenoxy) is 1. The summed E-state index contributed by atoms with van der Waals surface area (Å²) >= 11 is 0. The highest BCUT2D eigenvalue weighted by atomic mass is 16.5. The van der Waals surface area contributed by atoms with Crippen molar-refractivity contribution in [2.75, 3.05) is 6.61 Å². The smallest absolute Gasteiger partial charge is 0.183 e. The van der Waals surface area contributed by atoms with Crippen LogP contribution in [-0.2, 0) is 4.74 Å². The fraction of sp³-hybridized carbons (Fsp3) is 0.864. The quantitative estimate of drug-likeness (QED) is 0.215. The SMILES string of the molecule is CCCCCCCCC=CCCCCCCCCC1=NC(C)CO1. The molecule has 0 fully saturated rings. The molecular formula is C22H41NO. The van der Waals surface area contributed by atoms with E-state index in [9.17, 15) is 0 Å². The van der Waals surface area contributed by atoms with Gasteiger partial charge in [-0.15, -0.1) is 0 Å². The van der Waals surface area contributed by atoms with E-state index in [0.29, 0.717) is 6.04 Å². The van der Waals surface area contributed by atoms with Crippen LogP contribution in [0.15, 0.2) is 17.1 Å². The molecule has 1 rings (SSSR count). The molecule has 1 aliphatic rings. The topological polar surface area (TPSA) is 21.6 Å². The molecule has 1 heterocycles. The highest BCUT2D eigenvalue weighted by molar-refractivity contribution is 5.77. The minimum absolute atomic E-state index is 0.383. The first kappa shape index (κ1) is 21.3. The number of unbranched alkanes of at least 4 members (excludes halogenated alkanes) is 12. The molecule has 0 aliphatic carbocycles. The molecule has 0 aromatic carbocycles. The van der Waals surface area contributed by atoms with Gasteiger partial charge in [-0.2, -0.15) is 0 Å². The van der Waals surface area contributed by atoms with E-state index in [-0.39, 0.29) is 0 Å². The summed E-state index contributed by atoms with van der Waals surface area (Å²) in [6.07, 6.45) is 24.9. The second-order valence-corrected chi connectivity index (χ2v) is 7.37. The van der Waals surface area contributed by atoms with Gasteiger partial charge in [0.2, 0.25) is 0 Å². The number of allylic oxidation sites excluding steroid dienone is 2. The van der Waals surface area contributed by atoms with E-state index in [1.165, 1.54) is 89.9 Å². The van der Waals surface area contributed by atoms with Crippen LogP contribution in [-0.4, -0.2) is 18.5 Å². The van der Waals surface area contributed by atoms with Crippen molar-refractivity contribution in [2.24, 2.45) is 4.99 Å². The monoisotopic (exact) mass is 335 g/mol. The molecule has 1 unspecified atom stereocenters. The third-order valence-corrected chi connectivity index (χ3v) is 4.76. The van der Waals surface area contributed by atoms with Gasteiger partial charge in [-0.3, -0.25) is 0 Å². The summed E-state index contributed by atoms with van der Waals surface area (Å²) in [5.41, 5.74) is 0. The maximum absolute atomic E-state index is 5.53. The molecule has 2 nitrogen and oxygen atoms in total. The highest BCUT2D eigenvalue weighted by Gasteiger charge is 2.12. The summed E-state index contributed by atoms with van der Waals surface area (Å²) in [5, 5.41) is 0. The van der Waals surface area contributed by atoms with Crippen molar-refractivity contribution < 1.29 is 4.74 Å². The Bertz CT molecular complexity index is 335. The molecule has 2 heteroatoms. The Kier molecular flexibility index (Phi) is 13.9. The van der Waals surface area contributed by atoms with Crippen molar-refractivity contribution in [3.63, 3.8) is 0 Å². The van der Waals surface area contributed by atoms with Gasteiger partial charge in [0.1, 0.15) is 6.61 Å². The first-order valence-electron chi connectivity index (χ1n) is 10.7. The minimum Gasteiger partial charge on any atom is -0.479 e. The van der Waals surface area contributed by atoms with Gasteiger partial charge in [-0.25, -0.2) is 4.99 Å². The molecule has 24 heavy (non-hydrogen) atoms. The average molecular weight is 336 g/mol. The van der Waals surface area contributed by atoms with Crippen LogP contribution in [0.1, 0.15) is 110 Å². The Labute approximate surface area is 151 Å². The van der Waals surface area contributed by atoms with Gasteiger partial charge < -0.3 is 4.74 Å². The Morgan fingerprint density at radius 1 is 0.833 bits per heavy atom. The number of rotatable bonds is 16. The summed E-state index contributed by atoms with van der Waals surface area (Å²) in [4.78, 5) is 4.48. The maximum Gasteiger partial charge on any atom is 0.183 e. The van der Waals surface area contributed by atoms with Crippen molar-refractivity contribution in [3.05, 3.63) is 12.2 Å². The Balaban J connectivity index is 1.74. The lowest BCUT2D eigenvalue weighted by atomic mass is 10.1. The second kappa shape index (κ2) is 15.7. The van der Waals surface area contributed by atoms with Crippen LogP contribution in [0, 0.1) is 0 Å². The summed E-state index contributed by atoms with van der Waals surface area (Å²) in [6.45, 7) is 5.20. The van der Waals surface area contributed by atoms with Crippen molar-refractivity contribution in [2.45, 2.75) is 116 Å².